The average molecular weight is 1600 g/mol. The summed E-state index contributed by atoms with van der Waals surface area (Å²) in [6.45, 7) is 2.30. The summed E-state index contributed by atoms with van der Waals surface area (Å²) in [5.74, 6) is -6.08. The number of nitrogens with one attached hydrogen (secondary N) is 2. The van der Waals surface area contributed by atoms with E-state index in [0.29, 0.717) is 19.3 Å². The van der Waals surface area contributed by atoms with E-state index >= 15 is 0 Å². The maximum Gasteiger partial charge on any atom is 0.364 e. The number of aliphatic carboxylic acids is 1. The van der Waals surface area contributed by atoms with E-state index in [2.05, 4.69) is 24.5 Å². The standard InChI is InChI=1S/C89H170N2O21/c1-4-6-8-10-12-14-16-18-20-22-24-26-28-30-31-32-33-34-35-36-37-39-41-43-45-47-49-51-53-55-57-59-61-63-76(99)91-70(71(96)62-60-58-56-54-52-50-48-46-44-42-40-38-29-27-25-23-21-19-17-15-13-11-9-7-5-2)68-107-86-81(103)80(102)83(75(67-94)109-86)110-87-82(104)85(79(101)74(66-93)108-87)112-89(88(105)106)64-72(97)77(90-69(3)95)84(111-89)78(100)73(98)65-92/h70-75,77-87,92-94,96-98,100-104H,4-68H2,1-3H3,(H,90,95)(H,91,99)(H,105,106). The van der Waals surface area contributed by atoms with Crippen molar-refractivity contribution in [1.29, 1.82) is 0 Å². The first kappa shape index (κ1) is 104. The summed E-state index contributed by atoms with van der Waals surface area (Å²) < 4.78 is 35.1. The maximum atomic E-state index is 13.6. The normalized spacial score (nSPS) is 25.3. The van der Waals surface area contributed by atoms with E-state index in [4.69, 9.17) is 28.4 Å². The van der Waals surface area contributed by atoms with E-state index < -0.39 is 148 Å². The monoisotopic (exact) mass is 1600 g/mol. The van der Waals surface area contributed by atoms with Gasteiger partial charge >= 0.3 is 5.97 Å². The number of rotatable bonds is 76. The lowest BCUT2D eigenvalue weighted by molar-refractivity contribution is -0.386. The second-order valence-corrected chi connectivity index (χ2v) is 33.9. The highest BCUT2D eigenvalue weighted by atomic mass is 16.8. The molecule has 23 heteroatoms. The number of carboxylic acids is 1. The van der Waals surface area contributed by atoms with E-state index in [1.165, 1.54) is 315 Å². The summed E-state index contributed by atoms with van der Waals surface area (Å²) in [7, 11) is 0. The first-order chi connectivity index (χ1) is 54.4. The van der Waals surface area contributed by atoms with Crippen molar-refractivity contribution in [1.82, 2.24) is 10.6 Å². The predicted molar refractivity (Wildman–Crippen MR) is 440 cm³/mol. The lowest BCUT2D eigenvalue weighted by atomic mass is 9.88. The van der Waals surface area contributed by atoms with Gasteiger partial charge in [-0.2, -0.15) is 0 Å². The van der Waals surface area contributed by atoms with Crippen LogP contribution < -0.4 is 10.6 Å². The molecule has 3 aliphatic rings. The van der Waals surface area contributed by atoms with Gasteiger partial charge < -0.3 is 100 Å². The third-order valence-electron chi connectivity index (χ3n) is 23.8. The van der Waals surface area contributed by atoms with Crippen LogP contribution in [0.1, 0.15) is 412 Å². The molecule has 3 aliphatic heterocycles. The minimum Gasteiger partial charge on any atom is -0.477 e. The van der Waals surface area contributed by atoms with Gasteiger partial charge in [-0.05, 0) is 12.8 Å². The molecule has 0 radical (unpaired) electrons. The van der Waals surface area contributed by atoms with Crippen LogP contribution in [0.4, 0.5) is 0 Å². The van der Waals surface area contributed by atoms with Crippen LogP contribution in [0.15, 0.2) is 0 Å². The Morgan fingerprint density at radius 3 is 1.12 bits per heavy atom. The molecular formula is C89H170N2O21. The van der Waals surface area contributed by atoms with Crippen LogP contribution in [0, 0.1) is 0 Å². The van der Waals surface area contributed by atoms with Crippen LogP contribution in [0.25, 0.3) is 0 Å². The van der Waals surface area contributed by atoms with Crippen molar-refractivity contribution >= 4 is 17.8 Å². The SMILES string of the molecule is CCCCCCCCCCCCCCCCCCCCCCCCCCCCCCCCCCCC(=O)NC(COC1OC(CO)C(OC2OC(CO)C(O)C(OC3(C(=O)O)CC(O)C(NC(C)=O)C(C(O)C(O)CO)O3)C2O)C(O)C1O)C(O)CCCCCCCCCCCCCCCCCCCCCCCCCCC. The summed E-state index contributed by atoms with van der Waals surface area (Å²) >= 11 is 0. The van der Waals surface area contributed by atoms with Gasteiger partial charge in [0.1, 0.15) is 67.1 Å². The molecule has 23 nitrogen and oxygen atoms in total. The Hall–Kier alpha value is -2.27. The van der Waals surface area contributed by atoms with Crippen LogP contribution in [0.5, 0.6) is 0 Å². The molecule has 0 aromatic heterocycles. The molecule has 0 spiro atoms. The molecule has 0 saturated carbocycles. The van der Waals surface area contributed by atoms with Gasteiger partial charge in [-0.3, -0.25) is 9.59 Å². The molecule has 0 aromatic rings. The zero-order valence-electron chi connectivity index (χ0n) is 70.8. The summed E-state index contributed by atoms with van der Waals surface area (Å²) in [6, 6.07) is -2.53. The Morgan fingerprint density at radius 2 is 0.777 bits per heavy atom. The van der Waals surface area contributed by atoms with Crippen molar-refractivity contribution in [2.45, 2.75) is 522 Å². The number of carbonyl (C=O) groups excluding carboxylic acids is 2. The largest absolute Gasteiger partial charge is 0.477 e. The summed E-state index contributed by atoms with van der Waals surface area (Å²) in [5, 5.41) is 137. The Morgan fingerprint density at radius 1 is 0.429 bits per heavy atom. The Balaban J connectivity index is 1.43. The highest BCUT2D eigenvalue weighted by molar-refractivity contribution is 5.77. The van der Waals surface area contributed by atoms with Crippen molar-refractivity contribution in [2.75, 3.05) is 26.4 Å². The molecule has 112 heavy (non-hydrogen) atoms. The molecular weight excluding hydrogens is 1430 g/mol. The van der Waals surface area contributed by atoms with Crippen molar-refractivity contribution in [3.63, 3.8) is 0 Å². The molecule has 14 N–H and O–H groups in total. The molecule has 3 fully saturated rings. The molecule has 0 bridgehead atoms. The van der Waals surface area contributed by atoms with Crippen molar-refractivity contribution in [3.8, 4) is 0 Å². The van der Waals surface area contributed by atoms with Crippen molar-refractivity contribution < 1.29 is 104 Å². The van der Waals surface area contributed by atoms with Gasteiger partial charge in [0, 0.05) is 19.8 Å². The van der Waals surface area contributed by atoms with Gasteiger partial charge in [-0.15, -0.1) is 0 Å². The summed E-state index contributed by atoms with van der Waals surface area (Å²) in [5.41, 5.74) is 0. The lowest BCUT2D eigenvalue weighted by Crippen LogP contribution is -2.70. The maximum absolute atomic E-state index is 13.6. The summed E-state index contributed by atoms with van der Waals surface area (Å²) in [6.07, 6.45) is 46.9. The Bertz CT molecular complexity index is 2210. The number of unbranched alkanes of at least 4 members (excludes halogenated alkanes) is 56. The van der Waals surface area contributed by atoms with Crippen molar-refractivity contribution in [3.05, 3.63) is 0 Å². The van der Waals surface area contributed by atoms with Gasteiger partial charge in [-0.25, -0.2) is 4.79 Å². The van der Waals surface area contributed by atoms with Gasteiger partial charge in [-0.1, -0.05) is 380 Å². The van der Waals surface area contributed by atoms with E-state index in [1.807, 2.05) is 0 Å². The Kier molecular flexibility index (Phi) is 62.6. The molecule has 0 aliphatic carbocycles. The third-order valence-corrected chi connectivity index (χ3v) is 23.8. The van der Waals surface area contributed by atoms with E-state index in [0.717, 1.165) is 51.9 Å². The lowest BCUT2D eigenvalue weighted by Gasteiger charge is -2.50. The number of carboxylic acid groups (broad SMARTS) is 1. The number of aliphatic hydroxyl groups is 11. The fourth-order valence-corrected chi connectivity index (χ4v) is 16.5. The van der Waals surface area contributed by atoms with E-state index in [9.17, 15) is 75.7 Å². The van der Waals surface area contributed by atoms with Gasteiger partial charge in [0.2, 0.25) is 11.8 Å². The highest BCUT2D eigenvalue weighted by Crippen LogP contribution is 2.39. The smallest absolute Gasteiger partial charge is 0.364 e. The molecule has 18 atom stereocenters. The average Bonchev–Trinajstić information content (AvgIpc) is 0.755. The zero-order chi connectivity index (χ0) is 81.7. The second-order valence-electron chi connectivity index (χ2n) is 33.9. The number of aliphatic hydroxyl groups excluding tert-OH is 11. The summed E-state index contributed by atoms with van der Waals surface area (Å²) in [4.78, 5) is 38.8. The van der Waals surface area contributed by atoms with Crippen LogP contribution >= 0.6 is 0 Å². The minimum atomic E-state index is -3.08. The molecule has 0 aromatic carbocycles. The molecule has 3 saturated heterocycles. The first-order valence-corrected chi connectivity index (χ1v) is 46.4. The van der Waals surface area contributed by atoms with Gasteiger partial charge in [0.15, 0.2) is 12.6 Å². The van der Waals surface area contributed by atoms with Crippen LogP contribution in [-0.4, -0.2) is 215 Å². The second kappa shape index (κ2) is 67.5. The number of hydrogen-bond donors (Lipinski definition) is 14. The number of ether oxygens (including phenoxy) is 6. The first-order valence-electron chi connectivity index (χ1n) is 46.4. The van der Waals surface area contributed by atoms with Crippen LogP contribution in [0.3, 0.4) is 0 Å². The van der Waals surface area contributed by atoms with Gasteiger partial charge in [0.25, 0.3) is 5.79 Å². The quantitative estimate of drug-likeness (QED) is 0.0252. The van der Waals surface area contributed by atoms with Crippen LogP contribution in [0.2, 0.25) is 0 Å². The molecule has 3 heterocycles. The molecule has 18 unspecified atom stereocenters. The number of amides is 2. The predicted octanol–water partition coefficient (Wildman–Crippen LogP) is 15.1. The topological polar surface area (TPSA) is 373 Å². The third kappa shape index (κ3) is 45.8. The highest BCUT2D eigenvalue weighted by Gasteiger charge is 2.60. The Labute approximate surface area is 678 Å². The zero-order valence-corrected chi connectivity index (χ0v) is 70.8. The fraction of sp³-hybridized carbons (Fsp3) is 0.966. The number of carbonyl (C=O) groups is 3. The number of hydrogen-bond acceptors (Lipinski definition) is 20. The van der Waals surface area contributed by atoms with Gasteiger partial charge in [0.05, 0.1) is 50.7 Å². The van der Waals surface area contributed by atoms with E-state index in [-0.39, 0.29) is 18.9 Å². The van der Waals surface area contributed by atoms with Crippen LogP contribution in [-0.2, 0) is 42.8 Å². The van der Waals surface area contributed by atoms with Crippen molar-refractivity contribution in [2.24, 2.45) is 0 Å². The molecule has 2 amide bonds. The fourth-order valence-electron chi connectivity index (χ4n) is 16.5. The van der Waals surface area contributed by atoms with E-state index in [1.54, 1.807) is 0 Å². The minimum absolute atomic E-state index is 0.230. The molecule has 662 valence electrons. The molecule has 3 rings (SSSR count).